The molecule has 0 aliphatic rings. The third-order valence-corrected chi connectivity index (χ3v) is 7.45. The molecule has 304 valence electrons. The monoisotopic (exact) mass is 737 g/mol. The van der Waals surface area contributed by atoms with Crippen LogP contribution in [0.3, 0.4) is 0 Å². The third-order valence-electron chi connectivity index (χ3n) is 7.45. The van der Waals surface area contributed by atoms with E-state index in [-0.39, 0.29) is 25.0 Å². The second-order valence-electron chi connectivity index (χ2n) is 13.4. The summed E-state index contributed by atoms with van der Waals surface area (Å²) in [6.07, 6.45) is 17.5. The van der Waals surface area contributed by atoms with Gasteiger partial charge in [0.15, 0.2) is 0 Å². The summed E-state index contributed by atoms with van der Waals surface area (Å²) in [5, 5.41) is 0. The molecule has 0 saturated heterocycles. The molecule has 0 aromatic rings. The highest BCUT2D eigenvalue weighted by atomic mass is 16.6. The second-order valence-corrected chi connectivity index (χ2v) is 13.4. The fourth-order valence-electron chi connectivity index (χ4n) is 4.76. The third kappa shape index (κ3) is 44.7. The number of esters is 2. The van der Waals surface area contributed by atoms with Crippen LogP contribution in [0.5, 0.6) is 0 Å². The van der Waals surface area contributed by atoms with Gasteiger partial charge in [0, 0.05) is 6.42 Å². The van der Waals surface area contributed by atoms with Crippen LogP contribution in [0.25, 0.3) is 0 Å². The highest BCUT2D eigenvalue weighted by Gasteiger charge is 2.15. The van der Waals surface area contributed by atoms with Crippen molar-refractivity contribution in [1.29, 1.82) is 0 Å². The maximum atomic E-state index is 11.9. The first-order valence-corrected chi connectivity index (χ1v) is 19.8. The molecule has 51 heavy (non-hydrogen) atoms. The molecular formula is C39H76O12. The molecule has 0 unspecified atom stereocenters. The molecule has 0 saturated carbocycles. The second kappa shape index (κ2) is 39.8. The Morgan fingerprint density at radius 2 is 0.647 bits per heavy atom. The molecule has 0 aromatic carbocycles. The van der Waals surface area contributed by atoms with Gasteiger partial charge >= 0.3 is 11.9 Å². The van der Waals surface area contributed by atoms with Crippen molar-refractivity contribution >= 4 is 11.9 Å². The average Bonchev–Trinajstić information content (AvgIpc) is 3.09. The molecule has 12 heteroatoms. The summed E-state index contributed by atoms with van der Waals surface area (Å²) >= 11 is 0. The lowest BCUT2D eigenvalue weighted by Gasteiger charge is -2.19. The van der Waals surface area contributed by atoms with Gasteiger partial charge in [-0.3, -0.25) is 9.59 Å². The van der Waals surface area contributed by atoms with Crippen LogP contribution >= 0.6 is 0 Å². The van der Waals surface area contributed by atoms with Crippen LogP contribution < -0.4 is 0 Å². The van der Waals surface area contributed by atoms with Crippen LogP contribution in [0.2, 0.25) is 0 Å². The number of rotatable bonds is 41. The van der Waals surface area contributed by atoms with Gasteiger partial charge in [0.1, 0.15) is 12.2 Å². The van der Waals surface area contributed by atoms with Crippen molar-refractivity contribution in [3.63, 3.8) is 0 Å². The Labute approximate surface area is 310 Å². The Morgan fingerprint density at radius 3 is 0.980 bits per heavy atom. The zero-order valence-corrected chi connectivity index (χ0v) is 33.0. The van der Waals surface area contributed by atoms with Crippen molar-refractivity contribution in [2.45, 2.75) is 130 Å². The van der Waals surface area contributed by atoms with Crippen molar-refractivity contribution in [1.82, 2.24) is 0 Å². The van der Waals surface area contributed by atoms with Gasteiger partial charge in [-0.2, -0.15) is 0 Å². The van der Waals surface area contributed by atoms with Gasteiger partial charge in [-0.05, 0) is 27.2 Å². The van der Waals surface area contributed by atoms with Crippen LogP contribution in [0, 0.1) is 0 Å². The first-order valence-electron chi connectivity index (χ1n) is 19.8. The van der Waals surface area contributed by atoms with E-state index in [1.807, 2.05) is 20.8 Å². The van der Waals surface area contributed by atoms with Gasteiger partial charge in [0.05, 0.1) is 112 Å². The average molecular weight is 737 g/mol. The Balaban J connectivity index is 3.17. The SMILES string of the molecule is CCCCCCCCCCCCCCCC(=O)OCCOCCOCCOCCOCCOCCOCCOCCOCCC(=O)OC(C)(C)C. The van der Waals surface area contributed by atoms with Crippen LogP contribution in [-0.4, -0.2) is 130 Å². The predicted molar refractivity (Wildman–Crippen MR) is 198 cm³/mol. The minimum Gasteiger partial charge on any atom is -0.463 e. The zero-order valence-electron chi connectivity index (χ0n) is 33.0. The van der Waals surface area contributed by atoms with Crippen LogP contribution in [-0.2, 0) is 57.0 Å². The van der Waals surface area contributed by atoms with Crippen molar-refractivity contribution in [2.24, 2.45) is 0 Å². The number of carbonyl (C=O) groups excluding carboxylic acids is 2. The normalized spacial score (nSPS) is 11.7. The smallest absolute Gasteiger partial charge is 0.308 e. The summed E-state index contributed by atoms with van der Waals surface area (Å²) in [7, 11) is 0. The molecule has 0 aromatic heterocycles. The van der Waals surface area contributed by atoms with E-state index < -0.39 is 5.60 Å². The fourth-order valence-corrected chi connectivity index (χ4v) is 4.76. The van der Waals surface area contributed by atoms with E-state index >= 15 is 0 Å². The highest BCUT2D eigenvalue weighted by Crippen LogP contribution is 2.13. The van der Waals surface area contributed by atoms with Gasteiger partial charge in [0.25, 0.3) is 0 Å². The molecule has 0 atom stereocenters. The summed E-state index contributed by atoms with van der Waals surface area (Å²) in [6.45, 7) is 15.4. The van der Waals surface area contributed by atoms with Crippen LogP contribution in [0.15, 0.2) is 0 Å². The Bertz CT molecular complexity index is 731. The summed E-state index contributed by atoms with van der Waals surface area (Å²) < 4.78 is 54.1. The van der Waals surface area contributed by atoms with Gasteiger partial charge in [-0.15, -0.1) is 0 Å². The maximum Gasteiger partial charge on any atom is 0.308 e. The van der Waals surface area contributed by atoms with Crippen LogP contribution in [0.1, 0.15) is 124 Å². The van der Waals surface area contributed by atoms with E-state index in [1.165, 1.54) is 70.6 Å². The largest absolute Gasteiger partial charge is 0.463 e. The van der Waals surface area contributed by atoms with E-state index in [0.29, 0.717) is 112 Å². The molecule has 0 aliphatic heterocycles. The van der Waals surface area contributed by atoms with E-state index in [1.54, 1.807) is 0 Å². The Morgan fingerprint density at radius 1 is 0.353 bits per heavy atom. The first kappa shape index (κ1) is 49.6. The lowest BCUT2D eigenvalue weighted by atomic mass is 10.0. The molecule has 0 spiro atoms. The molecule has 0 bridgehead atoms. The standard InChI is InChI=1S/C39H76O12/c1-5-6-7-8-9-10-11-12-13-14-15-16-17-18-37(40)50-36-35-49-34-33-48-32-31-47-30-29-46-28-27-45-26-25-44-24-23-43-22-21-42-20-19-38(41)51-39(2,3)4/h5-36H2,1-4H3. The van der Waals surface area contributed by atoms with Crippen molar-refractivity contribution < 1.29 is 57.0 Å². The lowest BCUT2D eigenvalue weighted by molar-refractivity contribution is -0.156. The van der Waals surface area contributed by atoms with Gasteiger partial charge in [-0.25, -0.2) is 0 Å². The molecule has 12 nitrogen and oxygen atoms in total. The van der Waals surface area contributed by atoms with Crippen molar-refractivity contribution in [2.75, 3.05) is 112 Å². The maximum absolute atomic E-state index is 11.9. The molecular weight excluding hydrogens is 660 g/mol. The highest BCUT2D eigenvalue weighted by molar-refractivity contribution is 5.70. The number of ether oxygens (including phenoxy) is 10. The summed E-state index contributed by atoms with van der Waals surface area (Å²) in [4.78, 5) is 23.4. The minimum absolute atomic E-state index is 0.135. The summed E-state index contributed by atoms with van der Waals surface area (Å²) in [6, 6.07) is 0. The van der Waals surface area contributed by atoms with Crippen molar-refractivity contribution in [3.05, 3.63) is 0 Å². The summed E-state index contributed by atoms with van der Waals surface area (Å²) in [5.41, 5.74) is -0.474. The zero-order chi connectivity index (χ0) is 37.4. The number of unbranched alkanes of at least 4 members (excludes halogenated alkanes) is 12. The summed E-state index contributed by atoms with van der Waals surface area (Å²) in [5.74, 6) is -0.399. The molecule has 0 radical (unpaired) electrons. The van der Waals surface area contributed by atoms with E-state index in [2.05, 4.69) is 6.92 Å². The Hall–Kier alpha value is -1.38. The predicted octanol–water partition coefficient (Wildman–Crippen LogP) is 6.88. The van der Waals surface area contributed by atoms with E-state index in [0.717, 1.165) is 12.8 Å². The number of hydrogen-bond acceptors (Lipinski definition) is 12. The van der Waals surface area contributed by atoms with Gasteiger partial charge < -0.3 is 47.4 Å². The van der Waals surface area contributed by atoms with Crippen molar-refractivity contribution in [3.8, 4) is 0 Å². The fraction of sp³-hybridized carbons (Fsp3) is 0.949. The topological polar surface area (TPSA) is 126 Å². The van der Waals surface area contributed by atoms with Gasteiger partial charge in [-0.1, -0.05) is 84.0 Å². The molecule has 0 amide bonds. The number of hydrogen-bond donors (Lipinski definition) is 0. The molecule has 0 rings (SSSR count). The minimum atomic E-state index is -0.474. The molecule has 0 fully saturated rings. The molecule has 0 aliphatic carbocycles. The Kier molecular flexibility index (Phi) is 38.7. The lowest BCUT2D eigenvalue weighted by Crippen LogP contribution is -2.24. The van der Waals surface area contributed by atoms with Crippen LogP contribution in [0.4, 0.5) is 0 Å². The number of carbonyl (C=O) groups is 2. The van der Waals surface area contributed by atoms with E-state index in [9.17, 15) is 9.59 Å². The first-order chi connectivity index (χ1) is 24.8. The molecule has 0 heterocycles. The van der Waals surface area contributed by atoms with E-state index in [4.69, 9.17) is 47.4 Å². The molecule has 0 N–H and O–H groups in total. The van der Waals surface area contributed by atoms with Gasteiger partial charge in [0.2, 0.25) is 0 Å². The quantitative estimate of drug-likeness (QED) is 0.0480.